The van der Waals surface area contributed by atoms with Crippen LogP contribution < -0.4 is 0 Å². The average molecular weight is 360 g/mol. The molecule has 1 aliphatic heterocycles. The zero-order valence-electron chi connectivity index (χ0n) is 14.8. The quantitative estimate of drug-likeness (QED) is 0.821. The highest BCUT2D eigenvalue weighted by Crippen LogP contribution is 2.31. The Labute approximate surface area is 153 Å². The molecule has 0 aromatic heterocycles. The maximum Gasteiger partial charge on any atom is 0.192 e. The Bertz CT molecular complexity index is 652. The first-order valence-corrected chi connectivity index (χ1v) is 8.90. The van der Waals surface area contributed by atoms with E-state index >= 15 is 4.39 Å². The number of hydrogen-bond donors (Lipinski definition) is 1. The zero-order chi connectivity index (χ0) is 18.4. The first kappa shape index (κ1) is 19.0. The molecule has 0 saturated carbocycles. The van der Waals surface area contributed by atoms with Gasteiger partial charge in [0.1, 0.15) is 0 Å². The Balaban J connectivity index is 1.64. The third-order valence-corrected chi connectivity index (χ3v) is 4.71. The number of benzene rings is 2. The summed E-state index contributed by atoms with van der Waals surface area (Å²) in [4.78, 5) is 0. The van der Waals surface area contributed by atoms with Crippen molar-refractivity contribution >= 4 is 0 Å². The predicted octanol–water partition coefficient (Wildman–Crippen LogP) is 3.48. The molecule has 1 heterocycles. The van der Waals surface area contributed by atoms with Gasteiger partial charge in [-0.15, -0.1) is 0 Å². The lowest BCUT2D eigenvalue weighted by Gasteiger charge is -2.41. The van der Waals surface area contributed by atoms with Crippen molar-refractivity contribution in [2.24, 2.45) is 5.92 Å². The lowest BCUT2D eigenvalue weighted by molar-refractivity contribution is -0.284. The second kappa shape index (κ2) is 9.24. The van der Waals surface area contributed by atoms with Gasteiger partial charge < -0.3 is 19.3 Å². The molecule has 5 heteroatoms. The van der Waals surface area contributed by atoms with Crippen LogP contribution in [0.5, 0.6) is 0 Å². The Morgan fingerprint density at radius 1 is 0.923 bits per heavy atom. The van der Waals surface area contributed by atoms with E-state index in [1.54, 1.807) is 0 Å². The number of aliphatic hydroxyl groups is 1. The van der Waals surface area contributed by atoms with Gasteiger partial charge in [0.15, 0.2) is 12.5 Å². The summed E-state index contributed by atoms with van der Waals surface area (Å²) in [6, 6.07) is 19.2. The van der Waals surface area contributed by atoms with E-state index in [4.69, 9.17) is 14.2 Å². The van der Waals surface area contributed by atoms with Crippen molar-refractivity contribution in [3.63, 3.8) is 0 Å². The van der Waals surface area contributed by atoms with Gasteiger partial charge in [0, 0.05) is 5.92 Å². The minimum absolute atomic E-state index is 0.204. The lowest BCUT2D eigenvalue weighted by Crippen LogP contribution is -2.54. The van der Waals surface area contributed by atoms with Gasteiger partial charge in [-0.2, -0.15) is 0 Å². The molecule has 0 spiro atoms. The maximum atomic E-state index is 15.0. The van der Waals surface area contributed by atoms with Crippen LogP contribution in [0.2, 0.25) is 0 Å². The molecule has 2 aromatic carbocycles. The predicted molar refractivity (Wildman–Crippen MR) is 96.1 cm³/mol. The summed E-state index contributed by atoms with van der Waals surface area (Å²) in [6.45, 7) is 2.17. The summed E-state index contributed by atoms with van der Waals surface area (Å²) in [5.41, 5.74) is 1.91. The standard InChI is InChI=1S/C21H25FO4/c1-15-18(12-23)26-21(25-14-17-10-6-3-7-11-17)19(22)20(15)24-13-16-8-4-2-5-9-16/h2-11,15,18-21,23H,12-14H2,1H3/t15-,18-,19-,20+,21?/m1/s1. The van der Waals surface area contributed by atoms with E-state index in [0.717, 1.165) is 11.1 Å². The van der Waals surface area contributed by atoms with Crippen molar-refractivity contribution < 1.29 is 23.7 Å². The van der Waals surface area contributed by atoms with E-state index in [9.17, 15) is 5.11 Å². The molecule has 4 nitrogen and oxygen atoms in total. The van der Waals surface area contributed by atoms with Crippen LogP contribution in [-0.4, -0.2) is 36.4 Å². The van der Waals surface area contributed by atoms with Gasteiger partial charge in [-0.25, -0.2) is 4.39 Å². The van der Waals surface area contributed by atoms with Crippen LogP contribution in [0.15, 0.2) is 60.7 Å². The number of hydrogen-bond acceptors (Lipinski definition) is 4. The van der Waals surface area contributed by atoms with Gasteiger partial charge in [-0.3, -0.25) is 0 Å². The van der Waals surface area contributed by atoms with Crippen LogP contribution in [0.3, 0.4) is 0 Å². The van der Waals surface area contributed by atoms with Crippen LogP contribution in [0.1, 0.15) is 18.1 Å². The van der Waals surface area contributed by atoms with E-state index in [1.807, 2.05) is 67.6 Å². The summed E-state index contributed by atoms with van der Waals surface area (Å²) < 4.78 is 32.2. The van der Waals surface area contributed by atoms with Crippen LogP contribution in [-0.2, 0) is 27.4 Å². The molecule has 0 bridgehead atoms. The highest BCUT2D eigenvalue weighted by atomic mass is 19.1. The van der Waals surface area contributed by atoms with Crippen LogP contribution in [0, 0.1) is 5.92 Å². The van der Waals surface area contributed by atoms with E-state index in [-0.39, 0.29) is 19.1 Å². The highest BCUT2D eigenvalue weighted by molar-refractivity contribution is 5.14. The van der Waals surface area contributed by atoms with Gasteiger partial charge >= 0.3 is 0 Å². The normalized spacial score (nSPS) is 28.8. The van der Waals surface area contributed by atoms with E-state index < -0.39 is 24.7 Å². The minimum Gasteiger partial charge on any atom is -0.394 e. The Hall–Kier alpha value is -1.79. The topological polar surface area (TPSA) is 47.9 Å². The fraction of sp³-hybridized carbons (Fsp3) is 0.429. The molecule has 5 atom stereocenters. The summed E-state index contributed by atoms with van der Waals surface area (Å²) in [7, 11) is 0. The molecule has 1 aliphatic rings. The molecular formula is C21H25FO4. The van der Waals surface area contributed by atoms with Gasteiger partial charge in [0.2, 0.25) is 0 Å². The number of ether oxygens (including phenoxy) is 3. The molecule has 2 aromatic rings. The van der Waals surface area contributed by atoms with E-state index in [1.165, 1.54) is 0 Å². The molecule has 1 fully saturated rings. The third-order valence-electron chi connectivity index (χ3n) is 4.71. The van der Waals surface area contributed by atoms with Crippen molar-refractivity contribution in [3.05, 3.63) is 71.8 Å². The smallest absolute Gasteiger partial charge is 0.192 e. The first-order chi connectivity index (χ1) is 12.7. The number of aliphatic hydroxyl groups excluding tert-OH is 1. The van der Waals surface area contributed by atoms with Crippen molar-refractivity contribution in [2.45, 2.75) is 44.8 Å². The monoisotopic (exact) mass is 360 g/mol. The summed E-state index contributed by atoms with van der Waals surface area (Å²) >= 11 is 0. The number of rotatable bonds is 7. The lowest BCUT2D eigenvalue weighted by atomic mass is 9.91. The average Bonchev–Trinajstić information content (AvgIpc) is 2.69. The maximum absolute atomic E-state index is 15.0. The molecule has 1 N–H and O–H groups in total. The number of alkyl halides is 1. The second-order valence-electron chi connectivity index (χ2n) is 6.59. The van der Waals surface area contributed by atoms with E-state index in [0.29, 0.717) is 6.61 Å². The van der Waals surface area contributed by atoms with Crippen LogP contribution >= 0.6 is 0 Å². The van der Waals surface area contributed by atoms with Gasteiger partial charge in [0.25, 0.3) is 0 Å². The number of halogens is 1. The third kappa shape index (κ3) is 4.68. The summed E-state index contributed by atoms with van der Waals surface area (Å²) in [5.74, 6) is -0.282. The van der Waals surface area contributed by atoms with Crippen molar-refractivity contribution in [3.8, 4) is 0 Å². The Kier molecular flexibility index (Phi) is 6.74. The largest absolute Gasteiger partial charge is 0.394 e. The molecule has 1 unspecified atom stereocenters. The summed E-state index contributed by atoms with van der Waals surface area (Å²) in [5, 5.41) is 9.60. The van der Waals surface area contributed by atoms with Crippen LogP contribution in [0.25, 0.3) is 0 Å². The van der Waals surface area contributed by atoms with Crippen LogP contribution in [0.4, 0.5) is 4.39 Å². The molecule has 0 radical (unpaired) electrons. The summed E-state index contributed by atoms with van der Waals surface area (Å²) in [6.07, 6.45) is -3.73. The van der Waals surface area contributed by atoms with E-state index in [2.05, 4.69) is 0 Å². The van der Waals surface area contributed by atoms with Crippen molar-refractivity contribution in [1.82, 2.24) is 0 Å². The molecule has 3 rings (SSSR count). The van der Waals surface area contributed by atoms with Crippen molar-refractivity contribution in [2.75, 3.05) is 6.61 Å². The van der Waals surface area contributed by atoms with Gasteiger partial charge in [0.05, 0.1) is 32.0 Å². The van der Waals surface area contributed by atoms with Gasteiger partial charge in [-0.05, 0) is 11.1 Å². The Morgan fingerprint density at radius 2 is 1.46 bits per heavy atom. The molecular weight excluding hydrogens is 335 g/mol. The Morgan fingerprint density at radius 3 is 2.00 bits per heavy atom. The fourth-order valence-electron chi connectivity index (χ4n) is 3.13. The minimum atomic E-state index is -1.43. The SMILES string of the molecule is C[C@H]1[C@H](OCc2ccccc2)[C@@H](F)C(OCc2ccccc2)O[C@@H]1CO. The van der Waals surface area contributed by atoms with Gasteiger partial charge in [-0.1, -0.05) is 67.6 Å². The molecule has 140 valence electrons. The first-order valence-electron chi connectivity index (χ1n) is 8.90. The fourth-order valence-corrected chi connectivity index (χ4v) is 3.13. The molecule has 0 aliphatic carbocycles. The molecule has 1 saturated heterocycles. The van der Waals surface area contributed by atoms with Crippen molar-refractivity contribution in [1.29, 1.82) is 0 Å². The molecule has 26 heavy (non-hydrogen) atoms. The molecule has 0 amide bonds. The second-order valence-corrected chi connectivity index (χ2v) is 6.59. The zero-order valence-corrected chi connectivity index (χ0v) is 14.8. The highest BCUT2D eigenvalue weighted by Gasteiger charge is 2.45.